The van der Waals surface area contributed by atoms with E-state index in [4.69, 9.17) is 0 Å². The SMILES string of the molecule is O=C(C[C@@H]1CCc2ccccc21)C(=O)N1CCC(c2ccnc3ccc(F)cc23)CC1. The standard InChI is InChI=1S/C26H25FN2O2/c27-20-7-8-24-23(16-20)22(9-12-28-24)18-10-13-29(14-11-18)26(31)25(30)15-19-6-5-17-3-1-2-4-21(17)19/h1-4,7-9,12,16,18-19H,5-6,10-11,13-15H2/t19-/m0/s1. The second-order valence-corrected chi connectivity index (χ2v) is 8.69. The molecule has 0 bridgehead atoms. The molecule has 1 atom stereocenters. The van der Waals surface area contributed by atoms with Gasteiger partial charge in [-0.15, -0.1) is 0 Å². The number of nitrogens with zero attached hydrogens (tertiary/aromatic N) is 2. The molecule has 5 rings (SSSR count). The summed E-state index contributed by atoms with van der Waals surface area (Å²) in [6, 6.07) is 14.8. The van der Waals surface area contributed by atoms with Crippen LogP contribution in [0.2, 0.25) is 0 Å². The van der Waals surface area contributed by atoms with Crippen LogP contribution in [-0.4, -0.2) is 34.7 Å². The number of aryl methyl sites for hydroxylation is 1. The largest absolute Gasteiger partial charge is 0.336 e. The zero-order valence-electron chi connectivity index (χ0n) is 17.4. The first-order valence-electron chi connectivity index (χ1n) is 11.0. The molecule has 1 fully saturated rings. The van der Waals surface area contributed by atoms with E-state index in [9.17, 15) is 14.0 Å². The third-order valence-corrected chi connectivity index (χ3v) is 6.89. The first-order valence-corrected chi connectivity index (χ1v) is 11.0. The van der Waals surface area contributed by atoms with Crippen LogP contribution in [0.5, 0.6) is 0 Å². The van der Waals surface area contributed by atoms with E-state index in [-0.39, 0.29) is 29.3 Å². The quantitative estimate of drug-likeness (QED) is 0.576. The Balaban J connectivity index is 1.23. The van der Waals surface area contributed by atoms with Crippen molar-refractivity contribution in [1.82, 2.24) is 9.88 Å². The fourth-order valence-electron chi connectivity index (χ4n) is 5.23. The monoisotopic (exact) mass is 416 g/mol. The van der Waals surface area contributed by atoms with Crippen molar-refractivity contribution in [2.75, 3.05) is 13.1 Å². The topological polar surface area (TPSA) is 50.3 Å². The second kappa shape index (κ2) is 8.22. The smallest absolute Gasteiger partial charge is 0.289 e. The van der Waals surface area contributed by atoms with Gasteiger partial charge in [0.25, 0.3) is 5.91 Å². The predicted octanol–water partition coefficient (Wildman–Crippen LogP) is 4.77. The summed E-state index contributed by atoms with van der Waals surface area (Å²) in [5.41, 5.74) is 4.38. The Hall–Kier alpha value is -3.08. The predicted molar refractivity (Wildman–Crippen MR) is 117 cm³/mol. The molecule has 31 heavy (non-hydrogen) atoms. The van der Waals surface area contributed by atoms with Crippen LogP contribution in [0.25, 0.3) is 10.9 Å². The van der Waals surface area contributed by atoms with Crippen molar-refractivity contribution >= 4 is 22.6 Å². The minimum absolute atomic E-state index is 0.156. The number of pyridine rings is 1. The number of carbonyl (C=O) groups is 2. The van der Waals surface area contributed by atoms with Crippen molar-refractivity contribution in [3.63, 3.8) is 0 Å². The summed E-state index contributed by atoms with van der Waals surface area (Å²) in [5.74, 6) is -0.519. The van der Waals surface area contributed by atoms with E-state index < -0.39 is 0 Å². The Morgan fingerprint density at radius 3 is 2.65 bits per heavy atom. The number of hydrogen-bond acceptors (Lipinski definition) is 3. The molecule has 0 saturated carbocycles. The van der Waals surface area contributed by atoms with Crippen LogP contribution in [-0.2, 0) is 16.0 Å². The highest BCUT2D eigenvalue weighted by molar-refractivity contribution is 6.36. The molecule has 1 aliphatic carbocycles. The van der Waals surface area contributed by atoms with Gasteiger partial charge in [0, 0.05) is 31.1 Å². The Labute approximate surface area is 181 Å². The maximum atomic E-state index is 13.8. The zero-order chi connectivity index (χ0) is 21.4. The molecule has 0 radical (unpaired) electrons. The van der Waals surface area contributed by atoms with Gasteiger partial charge in [-0.25, -0.2) is 4.39 Å². The number of Topliss-reactive ketones (excluding diaryl/α,β-unsaturated/α-hetero) is 1. The van der Waals surface area contributed by atoms with E-state index in [2.05, 4.69) is 17.1 Å². The van der Waals surface area contributed by atoms with Crippen LogP contribution >= 0.6 is 0 Å². The number of rotatable bonds is 4. The van der Waals surface area contributed by atoms with Crippen molar-refractivity contribution in [2.45, 2.75) is 43.9 Å². The van der Waals surface area contributed by atoms with Gasteiger partial charge in [0.15, 0.2) is 0 Å². The van der Waals surface area contributed by atoms with Crippen molar-refractivity contribution in [2.24, 2.45) is 0 Å². The van der Waals surface area contributed by atoms with Crippen molar-refractivity contribution in [1.29, 1.82) is 0 Å². The van der Waals surface area contributed by atoms with E-state index in [0.717, 1.165) is 42.1 Å². The minimum atomic E-state index is -0.353. The zero-order valence-corrected chi connectivity index (χ0v) is 17.4. The molecule has 158 valence electrons. The molecule has 2 aromatic carbocycles. The molecule has 1 amide bonds. The van der Waals surface area contributed by atoms with Crippen LogP contribution in [0.15, 0.2) is 54.7 Å². The lowest BCUT2D eigenvalue weighted by Gasteiger charge is -2.32. The van der Waals surface area contributed by atoms with Crippen molar-refractivity contribution in [3.05, 3.63) is 77.2 Å². The highest BCUT2D eigenvalue weighted by Gasteiger charge is 2.31. The van der Waals surface area contributed by atoms with Crippen molar-refractivity contribution < 1.29 is 14.0 Å². The number of piperidine rings is 1. The molecule has 3 aromatic rings. The molecule has 1 aromatic heterocycles. The van der Waals surface area contributed by atoms with Crippen molar-refractivity contribution in [3.8, 4) is 0 Å². The first kappa shape index (κ1) is 19.9. The second-order valence-electron chi connectivity index (χ2n) is 8.69. The Morgan fingerprint density at radius 2 is 1.81 bits per heavy atom. The number of aromatic nitrogens is 1. The highest BCUT2D eigenvalue weighted by atomic mass is 19.1. The molecule has 2 heterocycles. The Morgan fingerprint density at radius 1 is 1.00 bits per heavy atom. The molecule has 0 spiro atoms. The lowest BCUT2D eigenvalue weighted by atomic mass is 9.87. The Kier molecular flexibility index (Phi) is 5.26. The van der Waals surface area contributed by atoms with Crippen LogP contribution in [0.4, 0.5) is 4.39 Å². The average molecular weight is 416 g/mol. The molecular formula is C26H25FN2O2. The minimum Gasteiger partial charge on any atom is -0.336 e. The fraction of sp³-hybridized carbons (Fsp3) is 0.346. The van der Waals surface area contributed by atoms with E-state index in [1.807, 2.05) is 18.2 Å². The molecule has 1 aliphatic heterocycles. The summed E-state index contributed by atoms with van der Waals surface area (Å²) in [5, 5.41) is 0.836. The van der Waals surface area contributed by atoms with Gasteiger partial charge < -0.3 is 4.90 Å². The third kappa shape index (κ3) is 3.85. The maximum Gasteiger partial charge on any atom is 0.289 e. The van der Waals surface area contributed by atoms with Gasteiger partial charge in [0.2, 0.25) is 5.78 Å². The van der Waals surface area contributed by atoms with Gasteiger partial charge in [0.05, 0.1) is 5.52 Å². The molecular weight excluding hydrogens is 391 g/mol. The highest BCUT2D eigenvalue weighted by Crippen LogP contribution is 2.36. The van der Waals surface area contributed by atoms with Gasteiger partial charge in [-0.05, 0) is 78.5 Å². The molecule has 2 aliphatic rings. The van der Waals surface area contributed by atoms with E-state index in [1.54, 1.807) is 17.2 Å². The van der Waals surface area contributed by atoms with Gasteiger partial charge in [0.1, 0.15) is 5.82 Å². The summed E-state index contributed by atoms with van der Waals surface area (Å²) in [7, 11) is 0. The summed E-state index contributed by atoms with van der Waals surface area (Å²) in [4.78, 5) is 31.6. The molecule has 1 saturated heterocycles. The summed E-state index contributed by atoms with van der Waals surface area (Å²) in [6.07, 6.45) is 5.50. The normalized spacial score (nSPS) is 18.9. The average Bonchev–Trinajstić information content (AvgIpc) is 3.21. The van der Waals surface area contributed by atoms with E-state index in [0.29, 0.717) is 19.5 Å². The Bertz CT molecular complexity index is 1150. The number of benzene rings is 2. The molecule has 4 nitrogen and oxygen atoms in total. The first-order chi connectivity index (χ1) is 15.1. The third-order valence-electron chi connectivity index (χ3n) is 6.89. The summed E-state index contributed by atoms with van der Waals surface area (Å²) in [6.45, 7) is 1.10. The van der Waals surface area contributed by atoms with Gasteiger partial charge in [-0.3, -0.25) is 14.6 Å². The number of hydrogen-bond donors (Lipinski definition) is 0. The summed E-state index contributed by atoms with van der Waals surface area (Å²) >= 11 is 0. The van der Waals surface area contributed by atoms with Gasteiger partial charge in [-0.1, -0.05) is 24.3 Å². The number of ketones is 1. The molecule has 0 N–H and O–H groups in total. The van der Waals surface area contributed by atoms with Gasteiger partial charge in [-0.2, -0.15) is 0 Å². The van der Waals surface area contributed by atoms with Gasteiger partial charge >= 0.3 is 0 Å². The lowest BCUT2D eigenvalue weighted by molar-refractivity contribution is -0.145. The lowest BCUT2D eigenvalue weighted by Crippen LogP contribution is -2.42. The van der Waals surface area contributed by atoms with E-state index >= 15 is 0 Å². The number of carbonyl (C=O) groups excluding carboxylic acids is 2. The van der Waals surface area contributed by atoms with Crippen LogP contribution in [0.1, 0.15) is 54.2 Å². The van der Waals surface area contributed by atoms with Crippen LogP contribution in [0, 0.1) is 5.82 Å². The van der Waals surface area contributed by atoms with Crippen LogP contribution in [0.3, 0.4) is 0 Å². The van der Waals surface area contributed by atoms with E-state index in [1.165, 1.54) is 23.3 Å². The number of fused-ring (bicyclic) bond motifs is 2. The number of amides is 1. The summed E-state index contributed by atoms with van der Waals surface area (Å²) < 4.78 is 13.8. The number of likely N-dealkylation sites (tertiary alicyclic amines) is 1. The molecule has 0 unspecified atom stereocenters. The fourth-order valence-corrected chi connectivity index (χ4v) is 5.23. The number of halogens is 1. The maximum absolute atomic E-state index is 13.8. The molecule has 5 heteroatoms. The van der Waals surface area contributed by atoms with Crippen LogP contribution < -0.4 is 0 Å².